The zero-order valence-electron chi connectivity index (χ0n) is 12.4. The van der Waals surface area contributed by atoms with Gasteiger partial charge in [-0.3, -0.25) is 4.79 Å². The van der Waals surface area contributed by atoms with Crippen LogP contribution in [0.25, 0.3) is 6.08 Å². The van der Waals surface area contributed by atoms with Gasteiger partial charge in [-0.05, 0) is 19.1 Å². The summed E-state index contributed by atoms with van der Waals surface area (Å²) in [6.45, 7) is 5.51. The minimum absolute atomic E-state index is 0.122. The Morgan fingerprint density at radius 3 is 2.68 bits per heavy atom. The summed E-state index contributed by atoms with van der Waals surface area (Å²) in [6.07, 6.45) is 2.93. The van der Waals surface area contributed by atoms with E-state index < -0.39 is 11.8 Å². The predicted octanol–water partition coefficient (Wildman–Crippen LogP) is 2.68. The zero-order valence-corrected chi connectivity index (χ0v) is 12.4. The molecule has 4 nitrogen and oxygen atoms in total. The number of ether oxygens (including phenoxy) is 1. The van der Waals surface area contributed by atoms with Crippen LogP contribution >= 0.6 is 0 Å². The van der Waals surface area contributed by atoms with Gasteiger partial charge in [-0.1, -0.05) is 24.3 Å². The first-order valence-corrected chi connectivity index (χ1v) is 6.69. The van der Waals surface area contributed by atoms with Gasteiger partial charge in [-0.25, -0.2) is 9.18 Å². The van der Waals surface area contributed by atoms with Crippen LogP contribution in [0, 0.1) is 5.82 Å². The molecule has 5 heteroatoms. The Hall–Kier alpha value is -2.69. The average Bonchev–Trinajstić information content (AvgIpc) is 2.74. The number of amides is 1. The number of nitrogens with zero attached hydrogens (tertiary/aromatic N) is 1. The molecule has 0 aliphatic carbocycles. The van der Waals surface area contributed by atoms with Gasteiger partial charge in [0, 0.05) is 17.8 Å². The van der Waals surface area contributed by atoms with Gasteiger partial charge in [-0.2, -0.15) is 0 Å². The molecule has 2 rings (SSSR count). The number of benzene rings is 1. The molecule has 1 heterocycles. The molecule has 1 amide bonds. The van der Waals surface area contributed by atoms with E-state index in [1.165, 1.54) is 30.2 Å². The van der Waals surface area contributed by atoms with Crippen LogP contribution in [0.2, 0.25) is 0 Å². The first-order chi connectivity index (χ1) is 10.5. The van der Waals surface area contributed by atoms with Crippen molar-refractivity contribution in [2.75, 3.05) is 13.7 Å². The summed E-state index contributed by atoms with van der Waals surface area (Å²) in [6, 6.07) is 6.04. The normalized spacial score (nSPS) is 16.4. The molecule has 0 aromatic heterocycles. The largest absolute Gasteiger partial charge is 0.465 e. The fourth-order valence-corrected chi connectivity index (χ4v) is 2.32. The number of halogens is 1. The molecule has 0 radical (unpaired) electrons. The van der Waals surface area contributed by atoms with Crippen LogP contribution in [0.3, 0.4) is 0 Å². The van der Waals surface area contributed by atoms with Crippen molar-refractivity contribution in [3.8, 4) is 0 Å². The number of hydrogen-bond acceptors (Lipinski definition) is 3. The van der Waals surface area contributed by atoms with Gasteiger partial charge < -0.3 is 9.64 Å². The van der Waals surface area contributed by atoms with Crippen molar-refractivity contribution >= 4 is 18.0 Å². The highest BCUT2D eigenvalue weighted by molar-refractivity contribution is 6.16. The van der Waals surface area contributed by atoms with E-state index >= 15 is 0 Å². The van der Waals surface area contributed by atoms with Gasteiger partial charge in [0.2, 0.25) is 0 Å². The van der Waals surface area contributed by atoms with E-state index in [0.29, 0.717) is 5.70 Å². The maximum atomic E-state index is 13.8. The van der Waals surface area contributed by atoms with Crippen molar-refractivity contribution in [1.29, 1.82) is 0 Å². The summed E-state index contributed by atoms with van der Waals surface area (Å²) in [7, 11) is 1.24. The Labute approximate surface area is 128 Å². The van der Waals surface area contributed by atoms with E-state index in [1.807, 2.05) is 0 Å². The summed E-state index contributed by atoms with van der Waals surface area (Å²) in [5.41, 5.74) is 0.980. The molecule has 1 aliphatic rings. The van der Waals surface area contributed by atoms with E-state index in [2.05, 4.69) is 6.58 Å². The van der Waals surface area contributed by atoms with Crippen molar-refractivity contribution in [3.05, 3.63) is 65.1 Å². The monoisotopic (exact) mass is 301 g/mol. The molecule has 0 fully saturated rings. The average molecular weight is 301 g/mol. The third-order valence-corrected chi connectivity index (χ3v) is 3.42. The molecule has 0 N–H and O–H groups in total. The summed E-state index contributed by atoms with van der Waals surface area (Å²) in [5.74, 6) is -1.46. The molecule has 0 bridgehead atoms. The van der Waals surface area contributed by atoms with Crippen LogP contribution in [0.4, 0.5) is 4.39 Å². The number of esters is 1. The van der Waals surface area contributed by atoms with Crippen LogP contribution in [0.1, 0.15) is 12.5 Å². The lowest BCUT2D eigenvalue weighted by Crippen LogP contribution is -2.25. The van der Waals surface area contributed by atoms with Crippen LogP contribution < -0.4 is 0 Å². The lowest BCUT2D eigenvalue weighted by Gasteiger charge is -2.14. The lowest BCUT2D eigenvalue weighted by atomic mass is 10.0. The van der Waals surface area contributed by atoms with Gasteiger partial charge in [-0.15, -0.1) is 6.58 Å². The Balaban J connectivity index is 2.58. The van der Waals surface area contributed by atoms with Gasteiger partial charge in [0.15, 0.2) is 0 Å². The van der Waals surface area contributed by atoms with E-state index in [0.717, 1.165) is 0 Å². The molecule has 0 saturated heterocycles. The third-order valence-electron chi connectivity index (χ3n) is 3.42. The molecule has 0 atom stereocenters. The number of carbonyl (C=O) groups excluding carboxylic acids is 2. The van der Waals surface area contributed by atoms with Gasteiger partial charge in [0.05, 0.1) is 18.3 Å². The maximum absolute atomic E-state index is 13.8. The van der Waals surface area contributed by atoms with E-state index in [9.17, 15) is 14.0 Å². The fourth-order valence-electron chi connectivity index (χ4n) is 2.32. The zero-order chi connectivity index (χ0) is 16.3. The first-order valence-electron chi connectivity index (χ1n) is 6.69. The van der Waals surface area contributed by atoms with E-state index in [4.69, 9.17) is 4.74 Å². The Kier molecular flexibility index (Phi) is 4.56. The highest BCUT2D eigenvalue weighted by atomic mass is 19.1. The van der Waals surface area contributed by atoms with Crippen molar-refractivity contribution < 1.29 is 18.7 Å². The molecule has 0 spiro atoms. The molecule has 0 saturated carbocycles. The van der Waals surface area contributed by atoms with Crippen LogP contribution in [-0.4, -0.2) is 30.4 Å². The van der Waals surface area contributed by atoms with E-state index in [1.54, 1.807) is 25.1 Å². The third kappa shape index (κ3) is 2.70. The van der Waals surface area contributed by atoms with Gasteiger partial charge >= 0.3 is 5.97 Å². The highest BCUT2D eigenvalue weighted by Crippen LogP contribution is 2.31. The number of hydrogen-bond donors (Lipinski definition) is 0. The molecule has 114 valence electrons. The smallest absolute Gasteiger partial charge is 0.340 e. The van der Waals surface area contributed by atoms with Gasteiger partial charge in [0.25, 0.3) is 5.91 Å². The second kappa shape index (κ2) is 6.39. The lowest BCUT2D eigenvalue weighted by molar-refractivity contribution is -0.136. The predicted molar refractivity (Wildman–Crippen MR) is 81.0 cm³/mol. The summed E-state index contributed by atoms with van der Waals surface area (Å²) >= 11 is 0. The molecular weight excluding hydrogens is 285 g/mol. The second-order valence-electron chi connectivity index (χ2n) is 4.74. The molecule has 1 aliphatic heterocycles. The number of methoxy groups -OCH3 is 1. The maximum Gasteiger partial charge on any atom is 0.340 e. The van der Waals surface area contributed by atoms with Crippen LogP contribution in [0.5, 0.6) is 0 Å². The van der Waals surface area contributed by atoms with Crippen LogP contribution in [-0.2, 0) is 14.3 Å². The first kappa shape index (κ1) is 15.7. The fraction of sp³-hybridized carbons (Fsp3) is 0.176. The molecular formula is C17H16FNO3. The summed E-state index contributed by atoms with van der Waals surface area (Å²) < 4.78 is 18.5. The molecule has 22 heavy (non-hydrogen) atoms. The van der Waals surface area contributed by atoms with Crippen molar-refractivity contribution in [2.24, 2.45) is 0 Å². The molecule has 1 aromatic carbocycles. The topological polar surface area (TPSA) is 46.6 Å². The van der Waals surface area contributed by atoms with Crippen molar-refractivity contribution in [2.45, 2.75) is 6.92 Å². The van der Waals surface area contributed by atoms with Crippen molar-refractivity contribution in [3.63, 3.8) is 0 Å². The summed E-state index contributed by atoms with van der Waals surface area (Å²) in [5, 5.41) is 0. The quantitative estimate of drug-likeness (QED) is 0.488. The Morgan fingerprint density at radius 1 is 1.41 bits per heavy atom. The molecule has 0 unspecified atom stereocenters. The minimum atomic E-state index is -0.625. The Bertz CT molecular complexity index is 704. The standard InChI is InChI=1S/C17H16FNO3/c1-4-9-19-11(2)15(17(21)22-3)13(16(19)20)10-12-7-5-6-8-14(12)18/h4-8,10H,1,9H2,2-3H3/b13-10-. The number of carbonyl (C=O) groups is 2. The van der Waals surface area contributed by atoms with Gasteiger partial charge in [0.1, 0.15) is 5.82 Å². The highest BCUT2D eigenvalue weighted by Gasteiger charge is 2.36. The Morgan fingerprint density at radius 2 is 2.09 bits per heavy atom. The molecule has 1 aromatic rings. The second-order valence-corrected chi connectivity index (χ2v) is 4.74. The SMILES string of the molecule is C=CCN1C(=O)/C(=C\c2ccccc2F)C(C(=O)OC)=C1C. The minimum Gasteiger partial charge on any atom is -0.465 e. The van der Waals surface area contributed by atoms with Crippen molar-refractivity contribution in [1.82, 2.24) is 4.90 Å². The number of allylic oxidation sites excluding steroid dienone is 1. The van der Waals surface area contributed by atoms with Crippen LogP contribution in [0.15, 0.2) is 53.8 Å². The summed E-state index contributed by atoms with van der Waals surface area (Å²) in [4.78, 5) is 25.9. The van der Waals surface area contributed by atoms with E-state index in [-0.39, 0.29) is 29.2 Å². The number of rotatable bonds is 4.